The van der Waals surface area contributed by atoms with Crippen LogP contribution in [0.4, 0.5) is 0 Å². The van der Waals surface area contributed by atoms with Gasteiger partial charge in [-0.15, -0.1) is 11.3 Å². The summed E-state index contributed by atoms with van der Waals surface area (Å²) >= 11 is 1.86. The van der Waals surface area contributed by atoms with E-state index in [1.807, 2.05) is 11.3 Å². The molecule has 1 atom stereocenters. The number of nitrogens with one attached hydrogen (secondary N) is 1. The fraction of sp³-hybridized carbons (Fsp3) is 0.733. The average Bonchev–Trinajstić information content (AvgIpc) is 2.70. The van der Waals surface area contributed by atoms with Crippen LogP contribution in [-0.4, -0.2) is 55.6 Å². The van der Waals surface area contributed by atoms with Crippen molar-refractivity contribution in [2.24, 2.45) is 0 Å². The van der Waals surface area contributed by atoms with E-state index in [0.717, 1.165) is 13.1 Å². The standard InChI is InChI=1S/C15H27N3S/c1-13-5-10-19-15(13)11-16-6-9-18-8-4-7-17(3)12-14(18)2/h5,10,14,16H,4,6-9,11-12H2,1-3H3. The minimum Gasteiger partial charge on any atom is -0.311 e. The zero-order valence-electron chi connectivity index (χ0n) is 12.5. The van der Waals surface area contributed by atoms with Crippen LogP contribution in [0.1, 0.15) is 23.8 Å². The number of rotatable bonds is 5. The summed E-state index contributed by atoms with van der Waals surface area (Å²) in [5.74, 6) is 0. The lowest BCUT2D eigenvalue weighted by atomic mass is 10.2. The van der Waals surface area contributed by atoms with Crippen LogP contribution in [0, 0.1) is 6.92 Å². The fourth-order valence-electron chi connectivity index (χ4n) is 2.76. The van der Waals surface area contributed by atoms with E-state index >= 15 is 0 Å². The summed E-state index contributed by atoms with van der Waals surface area (Å²) in [6.07, 6.45) is 1.30. The molecule has 3 nitrogen and oxygen atoms in total. The first-order valence-corrected chi connectivity index (χ1v) is 8.21. The summed E-state index contributed by atoms with van der Waals surface area (Å²) in [5.41, 5.74) is 1.42. The lowest BCUT2D eigenvalue weighted by Gasteiger charge is -2.27. The van der Waals surface area contributed by atoms with Crippen LogP contribution in [0.3, 0.4) is 0 Å². The van der Waals surface area contributed by atoms with Crippen LogP contribution in [0.2, 0.25) is 0 Å². The molecule has 1 unspecified atom stereocenters. The van der Waals surface area contributed by atoms with Crippen LogP contribution in [0.5, 0.6) is 0 Å². The number of thiophene rings is 1. The molecular weight excluding hydrogens is 254 g/mol. The maximum Gasteiger partial charge on any atom is 0.0302 e. The predicted octanol–water partition coefficient (Wildman–Crippen LogP) is 2.17. The van der Waals surface area contributed by atoms with Crippen molar-refractivity contribution in [3.8, 4) is 0 Å². The van der Waals surface area contributed by atoms with Gasteiger partial charge in [0.1, 0.15) is 0 Å². The zero-order valence-corrected chi connectivity index (χ0v) is 13.3. The Morgan fingerprint density at radius 3 is 3.00 bits per heavy atom. The first kappa shape index (κ1) is 15.0. The molecule has 0 aliphatic carbocycles. The highest BCUT2D eigenvalue weighted by Gasteiger charge is 2.18. The highest BCUT2D eigenvalue weighted by atomic mass is 32.1. The second-order valence-corrected chi connectivity index (χ2v) is 6.71. The SMILES string of the molecule is Cc1ccsc1CNCCN1CCCN(C)CC1C. The van der Waals surface area contributed by atoms with Crippen LogP contribution < -0.4 is 5.32 Å². The van der Waals surface area contributed by atoms with Crippen molar-refractivity contribution in [1.29, 1.82) is 0 Å². The molecule has 2 heterocycles. The van der Waals surface area contributed by atoms with E-state index in [1.54, 1.807) is 0 Å². The van der Waals surface area contributed by atoms with E-state index in [0.29, 0.717) is 6.04 Å². The number of likely N-dealkylation sites (N-methyl/N-ethyl adjacent to an activating group) is 1. The highest BCUT2D eigenvalue weighted by molar-refractivity contribution is 7.10. The van der Waals surface area contributed by atoms with E-state index < -0.39 is 0 Å². The molecule has 1 N–H and O–H groups in total. The lowest BCUT2D eigenvalue weighted by molar-refractivity contribution is 0.202. The summed E-state index contributed by atoms with van der Waals surface area (Å²) < 4.78 is 0. The number of hydrogen-bond donors (Lipinski definition) is 1. The Morgan fingerprint density at radius 2 is 2.26 bits per heavy atom. The maximum absolute atomic E-state index is 3.58. The summed E-state index contributed by atoms with van der Waals surface area (Å²) in [7, 11) is 2.23. The minimum atomic E-state index is 0.678. The van der Waals surface area contributed by atoms with Gasteiger partial charge in [0.25, 0.3) is 0 Å². The largest absolute Gasteiger partial charge is 0.311 e. The van der Waals surface area contributed by atoms with Gasteiger partial charge in [-0.3, -0.25) is 4.90 Å². The molecule has 0 spiro atoms. The van der Waals surface area contributed by atoms with Crippen molar-refractivity contribution in [1.82, 2.24) is 15.1 Å². The van der Waals surface area contributed by atoms with Crippen LogP contribution in [0.25, 0.3) is 0 Å². The molecule has 0 aromatic carbocycles. The van der Waals surface area contributed by atoms with Crippen molar-refractivity contribution in [3.05, 3.63) is 21.9 Å². The second-order valence-electron chi connectivity index (χ2n) is 5.70. The molecule has 0 bridgehead atoms. The molecule has 1 aliphatic heterocycles. The van der Waals surface area contributed by atoms with Crippen LogP contribution in [0.15, 0.2) is 11.4 Å². The normalized spacial score (nSPS) is 22.6. The molecule has 1 aromatic heterocycles. The molecule has 2 rings (SSSR count). The Balaban J connectivity index is 1.69. The molecule has 0 saturated carbocycles. The van der Waals surface area contributed by atoms with Crippen LogP contribution >= 0.6 is 11.3 Å². The molecule has 1 saturated heterocycles. The highest BCUT2D eigenvalue weighted by Crippen LogP contribution is 2.14. The lowest BCUT2D eigenvalue weighted by Crippen LogP contribution is -2.41. The summed E-state index contributed by atoms with van der Waals surface area (Å²) in [6.45, 7) is 11.5. The molecule has 1 aromatic rings. The topological polar surface area (TPSA) is 18.5 Å². The van der Waals surface area contributed by atoms with Gasteiger partial charge in [0.15, 0.2) is 0 Å². The van der Waals surface area contributed by atoms with Crippen molar-refractivity contribution in [2.75, 3.05) is 39.8 Å². The minimum absolute atomic E-state index is 0.678. The van der Waals surface area contributed by atoms with Crippen molar-refractivity contribution >= 4 is 11.3 Å². The van der Waals surface area contributed by atoms with Crippen molar-refractivity contribution < 1.29 is 0 Å². The van der Waals surface area contributed by atoms with E-state index in [9.17, 15) is 0 Å². The van der Waals surface area contributed by atoms with Gasteiger partial charge in [-0.25, -0.2) is 0 Å². The van der Waals surface area contributed by atoms with Gasteiger partial charge in [-0.2, -0.15) is 0 Å². The predicted molar refractivity (Wildman–Crippen MR) is 83.9 cm³/mol. The van der Waals surface area contributed by atoms with Gasteiger partial charge in [0, 0.05) is 37.1 Å². The van der Waals surface area contributed by atoms with Gasteiger partial charge >= 0.3 is 0 Å². The van der Waals surface area contributed by atoms with E-state index in [-0.39, 0.29) is 0 Å². The Hall–Kier alpha value is -0.420. The number of nitrogens with zero attached hydrogens (tertiary/aromatic N) is 2. The molecule has 0 radical (unpaired) electrons. The molecule has 1 aliphatic rings. The average molecular weight is 281 g/mol. The first-order chi connectivity index (χ1) is 9.16. The Labute approximate surface area is 121 Å². The number of hydrogen-bond acceptors (Lipinski definition) is 4. The quantitative estimate of drug-likeness (QED) is 0.835. The van der Waals surface area contributed by atoms with Gasteiger partial charge in [0.2, 0.25) is 0 Å². The smallest absolute Gasteiger partial charge is 0.0302 e. The van der Waals surface area contributed by atoms with Crippen molar-refractivity contribution in [3.63, 3.8) is 0 Å². The Morgan fingerprint density at radius 1 is 1.42 bits per heavy atom. The monoisotopic (exact) mass is 281 g/mol. The van der Waals surface area contributed by atoms with Crippen molar-refractivity contribution in [2.45, 2.75) is 32.9 Å². The molecular formula is C15H27N3S. The third kappa shape index (κ3) is 4.56. The summed E-state index contributed by atoms with van der Waals surface area (Å²) in [4.78, 5) is 6.55. The maximum atomic E-state index is 3.58. The number of aryl methyl sites for hydroxylation is 1. The Bertz CT molecular complexity index is 377. The van der Waals surface area contributed by atoms with E-state index in [4.69, 9.17) is 0 Å². The van der Waals surface area contributed by atoms with E-state index in [1.165, 1.54) is 43.0 Å². The van der Waals surface area contributed by atoms with Gasteiger partial charge in [-0.1, -0.05) is 0 Å². The van der Waals surface area contributed by atoms with Gasteiger partial charge in [-0.05, 0) is 57.4 Å². The van der Waals surface area contributed by atoms with Crippen LogP contribution in [-0.2, 0) is 6.54 Å². The van der Waals surface area contributed by atoms with Gasteiger partial charge in [0.05, 0.1) is 0 Å². The molecule has 19 heavy (non-hydrogen) atoms. The summed E-state index contributed by atoms with van der Waals surface area (Å²) in [6, 6.07) is 2.88. The third-order valence-electron chi connectivity index (χ3n) is 4.01. The third-order valence-corrected chi connectivity index (χ3v) is 5.04. The molecule has 4 heteroatoms. The van der Waals surface area contributed by atoms with Gasteiger partial charge < -0.3 is 10.2 Å². The molecule has 1 fully saturated rings. The Kier molecular flexibility index (Phi) is 5.82. The fourth-order valence-corrected chi connectivity index (χ4v) is 3.64. The van der Waals surface area contributed by atoms with E-state index in [2.05, 4.69) is 47.5 Å². The second kappa shape index (κ2) is 7.39. The zero-order chi connectivity index (χ0) is 13.7. The molecule has 108 valence electrons. The first-order valence-electron chi connectivity index (χ1n) is 7.33. The summed E-state index contributed by atoms with van der Waals surface area (Å²) in [5, 5.41) is 5.76. The molecule has 0 amide bonds.